The molecule has 0 N–H and O–H groups in total. The minimum absolute atomic E-state index is 0.510. The number of thioether (sulfide) groups is 1. The fourth-order valence-corrected chi connectivity index (χ4v) is 5.13. The molecule has 0 atom stereocenters. The molecular weight excluding hydrogens is 528 g/mol. The van der Waals surface area contributed by atoms with Crippen molar-refractivity contribution in [3.63, 3.8) is 0 Å². The van der Waals surface area contributed by atoms with Gasteiger partial charge in [-0.05, 0) is 72.0 Å². The van der Waals surface area contributed by atoms with Crippen molar-refractivity contribution in [2.24, 2.45) is 10.2 Å². The van der Waals surface area contributed by atoms with Crippen LogP contribution in [0.1, 0.15) is 24.2 Å². The predicted molar refractivity (Wildman–Crippen MR) is 150 cm³/mol. The maximum absolute atomic E-state index is 12.5. The normalized spacial score (nSPS) is 17.7. The molecule has 2 heterocycles. The molecule has 5 nitrogen and oxygen atoms in total. The second-order valence-electron chi connectivity index (χ2n) is 8.79. The maximum Gasteiger partial charge on any atom is 0.288 e. The maximum atomic E-state index is 12.5. The smallest absolute Gasteiger partial charge is 0.288 e. The van der Waals surface area contributed by atoms with Gasteiger partial charge in [-0.3, -0.25) is 0 Å². The Balaban J connectivity index is 1.30. The van der Waals surface area contributed by atoms with Crippen LogP contribution in [0.3, 0.4) is 0 Å². The van der Waals surface area contributed by atoms with E-state index in [1.54, 1.807) is 36.5 Å². The number of rotatable bonds is 8. The van der Waals surface area contributed by atoms with E-state index in [1.165, 1.54) is 11.3 Å². The van der Waals surface area contributed by atoms with Crippen LogP contribution in [0.4, 0.5) is 8.78 Å². The first kappa shape index (κ1) is 26.4. The van der Waals surface area contributed by atoms with Gasteiger partial charge in [-0.2, -0.15) is 19.0 Å². The predicted octanol–water partition coefficient (Wildman–Crippen LogP) is 7.78. The third-order valence-corrected chi connectivity index (χ3v) is 7.24. The number of furan rings is 1. The summed E-state index contributed by atoms with van der Waals surface area (Å²) in [5.74, 6) is -1.25. The van der Waals surface area contributed by atoms with Crippen LogP contribution in [-0.2, 0) is 4.74 Å². The van der Waals surface area contributed by atoms with Gasteiger partial charge >= 0.3 is 0 Å². The van der Waals surface area contributed by atoms with E-state index in [-0.39, 0.29) is 0 Å². The Bertz CT molecular complexity index is 1360. The zero-order valence-electron chi connectivity index (χ0n) is 20.5. The average Bonchev–Trinajstić information content (AvgIpc) is 3.56. The molecule has 2 aliphatic rings. The molecule has 9 heteroatoms. The van der Waals surface area contributed by atoms with Gasteiger partial charge in [-0.1, -0.05) is 47.6 Å². The van der Waals surface area contributed by atoms with Gasteiger partial charge in [0.2, 0.25) is 0 Å². The van der Waals surface area contributed by atoms with Crippen LogP contribution < -0.4 is 0 Å². The minimum atomic E-state index is -2.44. The first-order chi connectivity index (χ1) is 18.5. The van der Waals surface area contributed by atoms with Gasteiger partial charge < -0.3 is 14.1 Å². The summed E-state index contributed by atoms with van der Waals surface area (Å²) in [6, 6.07) is 18.3. The second-order valence-corrected chi connectivity index (χ2v) is 10.3. The van der Waals surface area contributed by atoms with Gasteiger partial charge in [0.25, 0.3) is 5.76 Å². The summed E-state index contributed by atoms with van der Waals surface area (Å²) >= 11 is 6.58. The zero-order valence-corrected chi connectivity index (χ0v) is 22.1. The molecule has 2 aromatic carbocycles. The molecule has 0 bridgehead atoms. The number of halogens is 3. The number of ether oxygens (including phenoxy) is 1. The lowest BCUT2D eigenvalue weighted by molar-refractivity contribution is 0.0548. The molecule has 0 unspecified atom stereocenters. The zero-order chi connectivity index (χ0) is 26.3. The average molecular weight is 554 g/mol. The van der Waals surface area contributed by atoms with Crippen LogP contribution in [0, 0.1) is 0 Å². The molecule has 1 fully saturated rings. The molecule has 1 aliphatic carbocycles. The van der Waals surface area contributed by atoms with Crippen molar-refractivity contribution in [2.45, 2.75) is 23.5 Å². The molecule has 0 saturated carbocycles. The number of alkyl halides is 2. The van der Waals surface area contributed by atoms with E-state index >= 15 is 0 Å². The summed E-state index contributed by atoms with van der Waals surface area (Å²) in [4.78, 5) is 2.88. The Morgan fingerprint density at radius 2 is 1.63 bits per heavy atom. The lowest BCUT2D eigenvalue weighted by atomic mass is 10.1. The molecule has 0 radical (unpaired) electrons. The molecule has 1 saturated heterocycles. The summed E-state index contributed by atoms with van der Waals surface area (Å²) in [6.07, 6.45) is 7.42. The number of hydrogen-bond acceptors (Lipinski definition) is 6. The summed E-state index contributed by atoms with van der Waals surface area (Å²) in [6.45, 7) is 3.08. The number of nitrogens with zero attached hydrogens (tertiary/aromatic N) is 3. The van der Waals surface area contributed by atoms with Crippen molar-refractivity contribution in [2.75, 3.05) is 26.3 Å². The monoisotopic (exact) mass is 553 g/mol. The Morgan fingerprint density at radius 1 is 0.895 bits per heavy atom. The highest BCUT2D eigenvalue weighted by Crippen LogP contribution is 2.35. The molecule has 0 amide bonds. The van der Waals surface area contributed by atoms with Crippen LogP contribution in [0.15, 0.2) is 97.0 Å². The van der Waals surface area contributed by atoms with Gasteiger partial charge in [0, 0.05) is 34.3 Å². The topological polar surface area (TPSA) is 50.3 Å². The summed E-state index contributed by atoms with van der Waals surface area (Å²) in [7, 11) is 0. The number of benzene rings is 2. The van der Waals surface area contributed by atoms with Crippen molar-refractivity contribution >= 4 is 41.9 Å². The number of allylic oxidation sites excluding steroid dienone is 2. The molecule has 5 rings (SSSR count). The molecule has 196 valence electrons. The van der Waals surface area contributed by atoms with Crippen LogP contribution in [-0.4, -0.2) is 49.4 Å². The SMILES string of the molecule is FC(F)Sc1ccc(-c2ccc(/C=N/N=C/C3=C(N4CCOCC4)C(=C\c4ccc(Cl)cc4)/CC3)o2)cc1. The molecule has 3 aromatic rings. The van der Waals surface area contributed by atoms with Gasteiger partial charge in [0.15, 0.2) is 0 Å². The largest absolute Gasteiger partial charge is 0.455 e. The van der Waals surface area contributed by atoms with E-state index in [2.05, 4.69) is 21.2 Å². The lowest BCUT2D eigenvalue weighted by Crippen LogP contribution is -2.36. The van der Waals surface area contributed by atoms with Gasteiger partial charge in [-0.15, -0.1) is 0 Å². The summed E-state index contributed by atoms with van der Waals surface area (Å²) in [5, 5.41) is 9.25. The Kier molecular flexibility index (Phi) is 8.73. The first-order valence-corrected chi connectivity index (χ1v) is 13.5. The molecule has 1 aromatic heterocycles. The summed E-state index contributed by atoms with van der Waals surface area (Å²) in [5.41, 5.74) is 5.54. The molecule has 1 aliphatic heterocycles. The first-order valence-electron chi connectivity index (χ1n) is 12.3. The van der Waals surface area contributed by atoms with Crippen LogP contribution >= 0.6 is 23.4 Å². The van der Waals surface area contributed by atoms with E-state index < -0.39 is 5.76 Å². The molecular formula is C29H26ClF2N3O2S. The van der Waals surface area contributed by atoms with Crippen molar-refractivity contribution in [1.82, 2.24) is 4.90 Å². The third kappa shape index (κ3) is 6.81. The van der Waals surface area contributed by atoms with Crippen molar-refractivity contribution < 1.29 is 17.9 Å². The van der Waals surface area contributed by atoms with Crippen molar-refractivity contribution in [1.29, 1.82) is 0 Å². The van der Waals surface area contributed by atoms with Crippen LogP contribution in [0.25, 0.3) is 17.4 Å². The highest BCUT2D eigenvalue weighted by molar-refractivity contribution is 7.99. The van der Waals surface area contributed by atoms with E-state index in [9.17, 15) is 8.78 Å². The fraction of sp³-hybridized carbons (Fsp3) is 0.241. The number of morpholine rings is 1. The molecule has 38 heavy (non-hydrogen) atoms. The van der Waals surface area contributed by atoms with Gasteiger partial charge in [0.1, 0.15) is 11.5 Å². The van der Waals surface area contributed by atoms with E-state index in [4.69, 9.17) is 20.8 Å². The Hall–Kier alpha value is -3.20. The Labute approximate surface area is 229 Å². The fourth-order valence-electron chi connectivity index (χ4n) is 4.50. The van der Waals surface area contributed by atoms with Crippen molar-refractivity contribution in [3.05, 3.63) is 93.9 Å². The highest BCUT2D eigenvalue weighted by Gasteiger charge is 2.25. The number of hydrogen-bond donors (Lipinski definition) is 0. The second kappa shape index (κ2) is 12.6. The standard InChI is InChI=1S/C29H26ClF2N3O2S/c30-24-7-1-20(2-8-24)17-22-3-4-23(28(22)35-13-15-36-16-14-35)18-33-34-19-25-9-12-27(37-25)21-5-10-26(11-6-21)38-29(31)32/h1-2,5-12,17-19,29H,3-4,13-16H2/b22-17-,33-18+,34-19+. The van der Waals surface area contributed by atoms with E-state index in [1.807, 2.05) is 36.5 Å². The van der Waals surface area contributed by atoms with E-state index in [0.717, 1.165) is 47.7 Å². The lowest BCUT2D eigenvalue weighted by Gasteiger charge is -2.31. The third-order valence-electron chi connectivity index (χ3n) is 6.27. The van der Waals surface area contributed by atoms with Gasteiger partial charge in [-0.25, -0.2) is 0 Å². The highest BCUT2D eigenvalue weighted by atomic mass is 35.5. The summed E-state index contributed by atoms with van der Waals surface area (Å²) < 4.78 is 36.5. The van der Waals surface area contributed by atoms with Crippen LogP contribution in [0.5, 0.6) is 0 Å². The minimum Gasteiger partial charge on any atom is -0.455 e. The van der Waals surface area contributed by atoms with Gasteiger partial charge in [0.05, 0.1) is 25.6 Å². The van der Waals surface area contributed by atoms with Crippen molar-refractivity contribution in [3.8, 4) is 11.3 Å². The Morgan fingerprint density at radius 3 is 2.37 bits per heavy atom. The van der Waals surface area contributed by atoms with E-state index in [0.29, 0.717) is 41.4 Å². The quantitative estimate of drug-likeness (QED) is 0.162. The molecule has 0 spiro atoms. The van der Waals surface area contributed by atoms with Crippen LogP contribution in [0.2, 0.25) is 5.02 Å².